The van der Waals surface area contributed by atoms with Crippen molar-refractivity contribution in [3.8, 4) is 11.3 Å². The number of hydrogen-bond acceptors (Lipinski definition) is 7. The van der Waals surface area contributed by atoms with Crippen molar-refractivity contribution in [2.45, 2.75) is 25.4 Å². The predicted octanol–water partition coefficient (Wildman–Crippen LogP) is 2.80. The summed E-state index contributed by atoms with van der Waals surface area (Å²) in [5, 5.41) is 9.06. The average Bonchev–Trinajstić information content (AvgIpc) is 3.38. The Morgan fingerprint density at radius 2 is 1.74 bits per heavy atom. The number of amides is 2. The maximum absolute atomic E-state index is 12.7. The van der Waals surface area contributed by atoms with Crippen molar-refractivity contribution >= 4 is 28.7 Å². The van der Waals surface area contributed by atoms with Crippen molar-refractivity contribution in [2.24, 2.45) is 0 Å². The minimum absolute atomic E-state index is 0.201. The number of fused-ring (bicyclic) bond motifs is 2. The summed E-state index contributed by atoms with van der Waals surface area (Å²) >= 11 is 0. The summed E-state index contributed by atoms with van der Waals surface area (Å²) in [5.41, 5.74) is 10.3. The molecule has 0 radical (unpaired) electrons. The monoisotopic (exact) mass is 453 g/mol. The summed E-state index contributed by atoms with van der Waals surface area (Å²) in [7, 11) is 0. The Balaban J connectivity index is 1.32. The maximum atomic E-state index is 12.7. The van der Waals surface area contributed by atoms with Crippen molar-refractivity contribution in [2.75, 3.05) is 18.8 Å². The van der Waals surface area contributed by atoms with Gasteiger partial charge in [0.05, 0.1) is 29.1 Å². The van der Waals surface area contributed by atoms with Gasteiger partial charge in [-0.25, -0.2) is 14.6 Å². The lowest BCUT2D eigenvalue weighted by atomic mass is 10.1. The highest BCUT2D eigenvalue weighted by molar-refractivity contribution is 6.21. The standard InChI is InChI=1S/C25H23N7O2/c26-22-20-21(30-32(23(20)29-14-28-22)17-4-3-11-27-12-17)16-9-7-15(8-10-16)13-31-24(33)18-5-1-2-6-19(18)25(31)34/h1-2,5-10,14,17,27H,3-4,11-13H2,(H2,26,28,29)/t17-/m1/s1. The second kappa shape index (κ2) is 8.03. The molecule has 1 saturated heterocycles. The van der Waals surface area contributed by atoms with Crippen LogP contribution < -0.4 is 11.1 Å². The minimum atomic E-state index is -0.263. The summed E-state index contributed by atoms with van der Waals surface area (Å²) in [6, 6.07) is 14.8. The third-order valence-corrected chi connectivity index (χ3v) is 6.58. The molecule has 1 atom stereocenters. The lowest BCUT2D eigenvalue weighted by Gasteiger charge is -2.23. The third kappa shape index (κ3) is 3.24. The predicted molar refractivity (Wildman–Crippen MR) is 127 cm³/mol. The first-order valence-electron chi connectivity index (χ1n) is 11.4. The molecule has 0 saturated carbocycles. The van der Waals surface area contributed by atoms with Crippen LogP contribution in [0.3, 0.4) is 0 Å². The van der Waals surface area contributed by atoms with Crippen molar-refractivity contribution in [1.29, 1.82) is 0 Å². The van der Waals surface area contributed by atoms with Gasteiger partial charge >= 0.3 is 0 Å². The van der Waals surface area contributed by atoms with Gasteiger partial charge < -0.3 is 11.1 Å². The molecule has 3 N–H and O–H groups in total. The van der Waals surface area contributed by atoms with Gasteiger partial charge in [-0.2, -0.15) is 5.10 Å². The number of piperidine rings is 1. The fourth-order valence-corrected chi connectivity index (χ4v) is 4.83. The maximum Gasteiger partial charge on any atom is 0.261 e. The van der Waals surface area contributed by atoms with Gasteiger partial charge in [-0.1, -0.05) is 36.4 Å². The molecule has 0 unspecified atom stereocenters. The number of carbonyl (C=O) groups excluding carboxylic acids is 2. The molecule has 9 heteroatoms. The number of carbonyl (C=O) groups is 2. The van der Waals surface area contributed by atoms with Crippen molar-refractivity contribution in [3.63, 3.8) is 0 Å². The van der Waals surface area contributed by atoms with Gasteiger partial charge in [0.1, 0.15) is 17.8 Å². The summed E-state index contributed by atoms with van der Waals surface area (Å²) in [4.78, 5) is 35.4. The summed E-state index contributed by atoms with van der Waals surface area (Å²) in [6.07, 6.45) is 3.57. The summed E-state index contributed by atoms with van der Waals surface area (Å²) < 4.78 is 1.96. The van der Waals surface area contributed by atoms with Crippen LogP contribution in [0.15, 0.2) is 54.9 Å². The van der Waals surface area contributed by atoms with Crippen molar-refractivity contribution in [3.05, 3.63) is 71.5 Å². The molecule has 9 nitrogen and oxygen atoms in total. The summed E-state index contributed by atoms with van der Waals surface area (Å²) in [5.74, 6) is -0.133. The van der Waals surface area contributed by atoms with E-state index in [0.29, 0.717) is 16.9 Å². The summed E-state index contributed by atoms with van der Waals surface area (Å²) in [6.45, 7) is 2.05. The number of nitrogens with two attached hydrogens (primary N) is 1. The Morgan fingerprint density at radius 3 is 2.41 bits per heavy atom. The Kier molecular flexibility index (Phi) is 4.84. The van der Waals surface area contributed by atoms with Gasteiger partial charge in [-0.3, -0.25) is 14.5 Å². The van der Waals surface area contributed by atoms with E-state index in [9.17, 15) is 9.59 Å². The van der Waals surface area contributed by atoms with Crippen LogP contribution in [0.2, 0.25) is 0 Å². The van der Waals surface area contributed by atoms with E-state index in [-0.39, 0.29) is 24.4 Å². The van der Waals surface area contributed by atoms with Crippen molar-refractivity contribution < 1.29 is 9.59 Å². The van der Waals surface area contributed by atoms with Gasteiger partial charge in [0, 0.05) is 12.1 Å². The zero-order valence-corrected chi connectivity index (χ0v) is 18.4. The van der Waals surface area contributed by atoms with Crippen LogP contribution in [0, 0.1) is 0 Å². The molecule has 0 spiro atoms. The van der Waals surface area contributed by atoms with Gasteiger partial charge in [0.25, 0.3) is 11.8 Å². The van der Waals surface area contributed by atoms with Crippen LogP contribution >= 0.6 is 0 Å². The fraction of sp³-hybridized carbons (Fsp3) is 0.240. The first-order chi connectivity index (χ1) is 16.6. The zero-order valence-electron chi connectivity index (χ0n) is 18.4. The molecule has 2 aromatic heterocycles. The number of nitrogens with one attached hydrogen (secondary N) is 1. The van der Waals surface area contributed by atoms with Crippen molar-refractivity contribution in [1.82, 2.24) is 30.0 Å². The van der Waals surface area contributed by atoms with Crippen LogP contribution in [0.25, 0.3) is 22.3 Å². The van der Waals surface area contributed by atoms with Crippen LogP contribution in [-0.2, 0) is 6.54 Å². The largest absolute Gasteiger partial charge is 0.383 e. The first kappa shape index (κ1) is 20.5. The van der Waals surface area contributed by atoms with E-state index >= 15 is 0 Å². The number of rotatable bonds is 4. The first-order valence-corrected chi connectivity index (χ1v) is 11.4. The van der Waals surface area contributed by atoms with Gasteiger partial charge in [0.2, 0.25) is 0 Å². The van der Waals surface area contributed by atoms with Gasteiger partial charge in [0.15, 0.2) is 5.65 Å². The van der Waals surface area contributed by atoms with E-state index in [1.54, 1.807) is 24.3 Å². The number of benzene rings is 2. The second-order valence-electron chi connectivity index (χ2n) is 8.69. The number of nitrogen functional groups attached to an aromatic ring is 1. The molecule has 170 valence electrons. The fourth-order valence-electron chi connectivity index (χ4n) is 4.83. The topological polar surface area (TPSA) is 119 Å². The lowest BCUT2D eigenvalue weighted by Crippen LogP contribution is -2.32. The van der Waals surface area contributed by atoms with E-state index in [1.807, 2.05) is 28.9 Å². The molecule has 2 aromatic carbocycles. The minimum Gasteiger partial charge on any atom is -0.383 e. The highest BCUT2D eigenvalue weighted by Gasteiger charge is 2.35. The third-order valence-electron chi connectivity index (χ3n) is 6.58. The number of aromatic nitrogens is 4. The number of imide groups is 1. The van der Waals surface area contributed by atoms with E-state index in [4.69, 9.17) is 10.8 Å². The highest BCUT2D eigenvalue weighted by Crippen LogP contribution is 2.33. The average molecular weight is 454 g/mol. The Hall–Kier alpha value is -4.11. The molecule has 2 amide bonds. The zero-order chi connectivity index (χ0) is 23.2. The SMILES string of the molecule is Nc1ncnc2c1c(-c1ccc(CN3C(=O)c4ccccc4C3=O)cc1)nn2[C@@H]1CCCNC1. The Labute approximate surface area is 195 Å². The van der Waals surface area contributed by atoms with Gasteiger partial charge in [-0.05, 0) is 37.1 Å². The molecule has 4 heterocycles. The number of nitrogens with zero attached hydrogens (tertiary/aromatic N) is 5. The van der Waals surface area contributed by atoms with E-state index in [1.165, 1.54) is 11.2 Å². The molecular formula is C25H23N7O2. The van der Waals surface area contributed by atoms with Crippen LogP contribution in [0.5, 0.6) is 0 Å². The quantitative estimate of drug-likeness (QED) is 0.456. The number of hydrogen-bond donors (Lipinski definition) is 2. The normalized spacial score (nSPS) is 18.0. The smallest absolute Gasteiger partial charge is 0.261 e. The van der Waals surface area contributed by atoms with Crippen LogP contribution in [0.1, 0.15) is 45.2 Å². The van der Waals surface area contributed by atoms with E-state index < -0.39 is 0 Å². The second-order valence-corrected chi connectivity index (χ2v) is 8.69. The molecule has 2 aliphatic rings. The molecule has 0 aliphatic carbocycles. The molecule has 2 aliphatic heterocycles. The Morgan fingerprint density at radius 1 is 1.00 bits per heavy atom. The van der Waals surface area contributed by atoms with Gasteiger partial charge in [-0.15, -0.1) is 0 Å². The van der Waals surface area contributed by atoms with Crippen LogP contribution in [0.4, 0.5) is 5.82 Å². The van der Waals surface area contributed by atoms with E-state index in [2.05, 4.69) is 15.3 Å². The molecule has 34 heavy (non-hydrogen) atoms. The Bertz CT molecular complexity index is 1390. The van der Waals surface area contributed by atoms with Crippen LogP contribution in [-0.4, -0.2) is 49.6 Å². The molecular weight excluding hydrogens is 430 g/mol. The number of anilines is 1. The molecule has 0 bridgehead atoms. The molecule has 1 fully saturated rings. The molecule has 4 aromatic rings. The highest BCUT2D eigenvalue weighted by atomic mass is 16.2. The lowest BCUT2D eigenvalue weighted by molar-refractivity contribution is 0.0642. The molecule has 6 rings (SSSR count). The van der Waals surface area contributed by atoms with E-state index in [0.717, 1.165) is 53.8 Å².